The molecular weight excluding hydrogens is 338 g/mol. The van der Waals surface area contributed by atoms with Gasteiger partial charge in [-0.05, 0) is 37.1 Å². The summed E-state index contributed by atoms with van der Waals surface area (Å²) in [6.45, 7) is 2.41. The molecule has 1 aromatic rings. The number of nitrogens with zero attached hydrogens (tertiary/aromatic N) is 2. The van der Waals surface area contributed by atoms with Gasteiger partial charge < -0.3 is 20.1 Å². The van der Waals surface area contributed by atoms with E-state index in [0.29, 0.717) is 31.8 Å². The van der Waals surface area contributed by atoms with Gasteiger partial charge in [-0.1, -0.05) is 0 Å². The first-order valence-corrected chi connectivity index (χ1v) is 8.82. The van der Waals surface area contributed by atoms with E-state index in [1.54, 1.807) is 34.1 Å². The van der Waals surface area contributed by atoms with Gasteiger partial charge in [-0.15, -0.1) is 0 Å². The summed E-state index contributed by atoms with van der Waals surface area (Å²) < 4.78 is 5.58. The molecule has 2 fully saturated rings. The number of benzene rings is 1. The van der Waals surface area contributed by atoms with Gasteiger partial charge in [0.15, 0.2) is 0 Å². The minimum atomic E-state index is -0.939. The first-order chi connectivity index (χ1) is 12.5. The summed E-state index contributed by atoms with van der Waals surface area (Å²) in [7, 11) is 0. The molecule has 0 aliphatic carbocycles. The van der Waals surface area contributed by atoms with Crippen molar-refractivity contribution in [2.24, 2.45) is 0 Å². The van der Waals surface area contributed by atoms with Crippen molar-refractivity contribution in [2.45, 2.75) is 25.4 Å². The molecule has 0 radical (unpaired) electrons. The number of hydrogen-bond acceptors (Lipinski definition) is 4. The highest BCUT2D eigenvalue weighted by Gasteiger charge is 2.25. The molecule has 0 unspecified atom stereocenters. The fourth-order valence-corrected chi connectivity index (χ4v) is 3.22. The van der Waals surface area contributed by atoms with Crippen LogP contribution in [0, 0.1) is 0 Å². The quantitative estimate of drug-likeness (QED) is 0.763. The van der Waals surface area contributed by atoms with Crippen molar-refractivity contribution >= 4 is 23.6 Å². The molecule has 1 atom stereocenters. The fraction of sp³-hybridized carbons (Fsp3) is 0.500. The van der Waals surface area contributed by atoms with Crippen molar-refractivity contribution in [2.75, 3.05) is 37.7 Å². The average Bonchev–Trinajstić information content (AvgIpc) is 3.29. The highest BCUT2D eigenvalue weighted by atomic mass is 16.5. The molecule has 2 saturated heterocycles. The van der Waals surface area contributed by atoms with Crippen molar-refractivity contribution in [3.8, 4) is 0 Å². The zero-order valence-electron chi connectivity index (χ0n) is 14.5. The molecule has 2 aliphatic rings. The van der Waals surface area contributed by atoms with Gasteiger partial charge in [-0.3, -0.25) is 14.5 Å². The summed E-state index contributed by atoms with van der Waals surface area (Å²) in [6, 6.07) is 6.67. The van der Waals surface area contributed by atoms with Crippen LogP contribution in [-0.4, -0.2) is 66.8 Å². The number of anilines is 1. The van der Waals surface area contributed by atoms with E-state index in [-0.39, 0.29) is 31.0 Å². The summed E-state index contributed by atoms with van der Waals surface area (Å²) in [5.41, 5.74) is 1.20. The van der Waals surface area contributed by atoms with Crippen LogP contribution in [0.15, 0.2) is 24.3 Å². The molecule has 2 N–H and O–H groups in total. The molecule has 0 bridgehead atoms. The van der Waals surface area contributed by atoms with Gasteiger partial charge in [0, 0.05) is 44.0 Å². The van der Waals surface area contributed by atoms with E-state index in [1.807, 2.05) is 0 Å². The first kappa shape index (κ1) is 18.2. The number of carbonyl (C=O) groups is 3. The van der Waals surface area contributed by atoms with Crippen LogP contribution in [0.1, 0.15) is 29.6 Å². The lowest BCUT2D eigenvalue weighted by molar-refractivity contribution is -0.137. The zero-order valence-corrected chi connectivity index (χ0v) is 14.5. The zero-order chi connectivity index (χ0) is 18.5. The Bertz CT molecular complexity index is 670. The van der Waals surface area contributed by atoms with Crippen LogP contribution < -0.4 is 10.2 Å². The van der Waals surface area contributed by atoms with Crippen LogP contribution in [-0.2, 0) is 9.53 Å². The monoisotopic (exact) mass is 361 g/mol. The lowest BCUT2D eigenvalue weighted by atomic mass is 10.1. The maximum Gasteiger partial charge on any atom is 0.321 e. The van der Waals surface area contributed by atoms with Crippen molar-refractivity contribution in [3.05, 3.63) is 29.8 Å². The lowest BCUT2D eigenvalue weighted by Crippen LogP contribution is -2.38. The largest absolute Gasteiger partial charge is 0.481 e. The maximum atomic E-state index is 12.8. The van der Waals surface area contributed by atoms with Gasteiger partial charge in [0.05, 0.1) is 12.5 Å². The van der Waals surface area contributed by atoms with Crippen LogP contribution in [0.5, 0.6) is 0 Å². The van der Waals surface area contributed by atoms with E-state index in [9.17, 15) is 14.4 Å². The number of ether oxygens (including phenoxy) is 1. The lowest BCUT2D eigenvalue weighted by Gasteiger charge is -2.25. The molecule has 0 saturated carbocycles. The average molecular weight is 361 g/mol. The highest BCUT2D eigenvalue weighted by Crippen LogP contribution is 2.19. The Morgan fingerprint density at radius 1 is 1.31 bits per heavy atom. The topological polar surface area (TPSA) is 99.2 Å². The molecular formula is C18H23N3O5. The standard InChI is InChI=1S/C18H23N3O5/c22-16(23)7-9-20(12-15-2-1-11-26-15)17(24)13-3-5-14(6-4-13)21-10-8-19-18(21)25/h3-6,15H,1-2,7-12H2,(H,19,25)(H,22,23)/t15-/m1/s1. The number of urea groups is 1. The summed E-state index contributed by atoms with van der Waals surface area (Å²) in [5.74, 6) is -1.16. The van der Waals surface area contributed by atoms with Crippen LogP contribution in [0.4, 0.5) is 10.5 Å². The van der Waals surface area contributed by atoms with E-state index in [0.717, 1.165) is 18.5 Å². The third kappa shape index (κ3) is 4.32. The third-order valence-corrected chi connectivity index (χ3v) is 4.61. The smallest absolute Gasteiger partial charge is 0.321 e. The van der Waals surface area contributed by atoms with Gasteiger partial charge >= 0.3 is 12.0 Å². The van der Waals surface area contributed by atoms with Gasteiger partial charge in [0.1, 0.15) is 0 Å². The van der Waals surface area contributed by atoms with E-state index in [1.165, 1.54) is 0 Å². The summed E-state index contributed by atoms with van der Waals surface area (Å²) >= 11 is 0. The molecule has 0 spiro atoms. The fourth-order valence-electron chi connectivity index (χ4n) is 3.22. The van der Waals surface area contributed by atoms with Crippen LogP contribution in [0.25, 0.3) is 0 Å². The third-order valence-electron chi connectivity index (χ3n) is 4.61. The Kier molecular flexibility index (Phi) is 5.72. The Morgan fingerprint density at radius 3 is 2.65 bits per heavy atom. The highest BCUT2D eigenvalue weighted by molar-refractivity contribution is 5.97. The van der Waals surface area contributed by atoms with Crippen LogP contribution in [0.2, 0.25) is 0 Å². The normalized spacial score (nSPS) is 19.5. The SMILES string of the molecule is O=C(O)CCN(C[C@H]1CCCO1)C(=O)c1ccc(N2CCNC2=O)cc1. The minimum Gasteiger partial charge on any atom is -0.481 e. The van der Waals surface area contributed by atoms with Gasteiger partial charge in [-0.25, -0.2) is 4.79 Å². The summed E-state index contributed by atoms with van der Waals surface area (Å²) in [6.07, 6.45) is 1.68. The molecule has 2 aliphatic heterocycles. The number of rotatable bonds is 7. The molecule has 140 valence electrons. The van der Waals surface area contributed by atoms with E-state index < -0.39 is 5.97 Å². The predicted octanol–water partition coefficient (Wildman–Crippen LogP) is 1.31. The van der Waals surface area contributed by atoms with Gasteiger partial charge in [0.25, 0.3) is 5.91 Å². The maximum absolute atomic E-state index is 12.8. The van der Waals surface area contributed by atoms with Crippen LogP contribution in [0.3, 0.4) is 0 Å². The van der Waals surface area contributed by atoms with Crippen molar-refractivity contribution in [1.82, 2.24) is 10.2 Å². The Labute approximate surface area is 151 Å². The molecule has 26 heavy (non-hydrogen) atoms. The molecule has 1 aromatic carbocycles. The van der Waals surface area contributed by atoms with E-state index in [4.69, 9.17) is 9.84 Å². The van der Waals surface area contributed by atoms with Gasteiger partial charge in [-0.2, -0.15) is 0 Å². The molecule has 8 heteroatoms. The summed E-state index contributed by atoms with van der Waals surface area (Å²) in [5, 5.41) is 11.7. The predicted molar refractivity (Wildman–Crippen MR) is 94.3 cm³/mol. The molecule has 8 nitrogen and oxygen atoms in total. The Balaban J connectivity index is 1.69. The number of amides is 3. The second-order valence-electron chi connectivity index (χ2n) is 6.46. The molecule has 2 heterocycles. The number of nitrogens with one attached hydrogen (secondary N) is 1. The van der Waals surface area contributed by atoms with Crippen molar-refractivity contribution < 1.29 is 24.2 Å². The second kappa shape index (κ2) is 8.18. The molecule has 3 amide bonds. The number of carboxylic acids is 1. The Hall–Kier alpha value is -2.61. The number of carbonyl (C=O) groups excluding carboxylic acids is 2. The molecule has 0 aromatic heterocycles. The first-order valence-electron chi connectivity index (χ1n) is 8.82. The van der Waals surface area contributed by atoms with Crippen molar-refractivity contribution in [3.63, 3.8) is 0 Å². The number of hydrogen-bond donors (Lipinski definition) is 2. The number of carboxylic acid groups (broad SMARTS) is 1. The van der Waals surface area contributed by atoms with E-state index >= 15 is 0 Å². The van der Waals surface area contributed by atoms with Crippen LogP contribution >= 0.6 is 0 Å². The minimum absolute atomic E-state index is 0.0414. The summed E-state index contributed by atoms with van der Waals surface area (Å²) in [4.78, 5) is 38.6. The Morgan fingerprint density at radius 2 is 2.08 bits per heavy atom. The van der Waals surface area contributed by atoms with Crippen molar-refractivity contribution in [1.29, 1.82) is 0 Å². The van der Waals surface area contributed by atoms with E-state index in [2.05, 4.69) is 5.32 Å². The molecule has 3 rings (SSSR count). The van der Waals surface area contributed by atoms with Gasteiger partial charge in [0.2, 0.25) is 0 Å². The second-order valence-corrected chi connectivity index (χ2v) is 6.46. The number of aliphatic carboxylic acids is 1.